The van der Waals surface area contributed by atoms with Gasteiger partial charge in [-0.15, -0.1) is 5.10 Å². The Morgan fingerprint density at radius 2 is 2.22 bits per heavy atom. The molecule has 7 heteroatoms. The van der Waals surface area contributed by atoms with Crippen molar-refractivity contribution in [3.05, 3.63) is 5.89 Å². The largest absolute Gasteiger partial charge is 0.408 e. The van der Waals surface area contributed by atoms with E-state index in [9.17, 15) is 4.79 Å². The predicted molar refractivity (Wildman–Crippen MR) is 66.1 cm³/mol. The van der Waals surface area contributed by atoms with Crippen LogP contribution in [0.5, 0.6) is 0 Å². The first kappa shape index (κ1) is 14.6. The highest BCUT2D eigenvalue weighted by Gasteiger charge is 2.12. The average molecular weight is 256 g/mol. The first-order valence-corrected chi connectivity index (χ1v) is 6.09. The zero-order valence-electron chi connectivity index (χ0n) is 10.8. The van der Waals surface area contributed by atoms with Crippen molar-refractivity contribution in [2.24, 2.45) is 0 Å². The number of hydrogen-bond acceptors (Lipinski definition) is 6. The minimum absolute atomic E-state index is 0.0384. The van der Waals surface area contributed by atoms with Gasteiger partial charge in [0.05, 0.1) is 13.2 Å². The summed E-state index contributed by atoms with van der Waals surface area (Å²) >= 11 is 0. The molecule has 0 aliphatic rings. The summed E-state index contributed by atoms with van der Waals surface area (Å²) < 4.78 is 5.05. The molecule has 0 aliphatic heterocycles. The van der Waals surface area contributed by atoms with Gasteiger partial charge in [0, 0.05) is 13.5 Å². The topological polar surface area (TPSA) is 91.5 Å². The van der Waals surface area contributed by atoms with Crippen LogP contribution in [0.1, 0.15) is 25.7 Å². The van der Waals surface area contributed by atoms with Gasteiger partial charge in [-0.1, -0.05) is 18.4 Å². The van der Waals surface area contributed by atoms with Crippen molar-refractivity contribution < 1.29 is 14.3 Å². The molecule has 1 amide bonds. The van der Waals surface area contributed by atoms with Crippen LogP contribution >= 0.6 is 0 Å². The van der Waals surface area contributed by atoms with Crippen LogP contribution in [0.2, 0.25) is 0 Å². The smallest absolute Gasteiger partial charge is 0.322 e. The number of amides is 1. The fourth-order valence-corrected chi connectivity index (χ4v) is 1.50. The molecule has 1 aromatic rings. The number of anilines is 1. The second-order valence-electron chi connectivity index (χ2n) is 4.03. The third-order valence-electron chi connectivity index (χ3n) is 2.38. The van der Waals surface area contributed by atoms with Crippen LogP contribution < -0.4 is 5.32 Å². The van der Waals surface area contributed by atoms with Crippen LogP contribution in [-0.4, -0.2) is 52.4 Å². The van der Waals surface area contributed by atoms with Crippen LogP contribution in [0.3, 0.4) is 0 Å². The number of aryl methyl sites for hydroxylation is 1. The molecule has 0 bridgehead atoms. The van der Waals surface area contributed by atoms with Gasteiger partial charge in [0.15, 0.2) is 0 Å². The van der Waals surface area contributed by atoms with E-state index in [2.05, 4.69) is 22.4 Å². The average Bonchev–Trinajstić information content (AvgIpc) is 2.71. The van der Waals surface area contributed by atoms with E-state index in [1.807, 2.05) is 4.90 Å². The van der Waals surface area contributed by atoms with Crippen LogP contribution in [0.15, 0.2) is 4.42 Å². The summed E-state index contributed by atoms with van der Waals surface area (Å²) in [6, 6.07) is 0.108. The van der Waals surface area contributed by atoms with Gasteiger partial charge < -0.3 is 9.52 Å². The third kappa shape index (κ3) is 5.24. The zero-order chi connectivity index (χ0) is 13.4. The second kappa shape index (κ2) is 7.78. The number of aromatic nitrogens is 2. The lowest BCUT2D eigenvalue weighted by Crippen LogP contribution is -2.36. The summed E-state index contributed by atoms with van der Waals surface area (Å²) in [6.45, 7) is 5.25. The van der Waals surface area contributed by atoms with E-state index in [0.29, 0.717) is 12.4 Å². The summed E-state index contributed by atoms with van der Waals surface area (Å²) in [6.07, 6.45) is 2.04. The van der Waals surface area contributed by atoms with Gasteiger partial charge in [-0.2, -0.15) is 0 Å². The molecule has 0 saturated carbocycles. The van der Waals surface area contributed by atoms with Crippen molar-refractivity contribution in [2.45, 2.75) is 26.7 Å². The lowest BCUT2D eigenvalue weighted by atomic mass is 10.3. The minimum atomic E-state index is -0.219. The highest BCUT2D eigenvalue weighted by molar-refractivity contribution is 5.90. The second-order valence-corrected chi connectivity index (χ2v) is 4.03. The van der Waals surface area contributed by atoms with Gasteiger partial charge in [0.25, 0.3) is 0 Å². The standard InChI is InChI=1S/C11H20N4O3/c1-3-4-5-15(6-7-16)8-10(17)12-11-14-13-9(2)18-11/h16H,3-8H2,1-2H3,(H,12,14,17). The Morgan fingerprint density at radius 1 is 1.44 bits per heavy atom. The molecule has 18 heavy (non-hydrogen) atoms. The molecule has 0 aromatic carbocycles. The van der Waals surface area contributed by atoms with E-state index in [0.717, 1.165) is 19.4 Å². The van der Waals surface area contributed by atoms with E-state index in [-0.39, 0.29) is 25.1 Å². The van der Waals surface area contributed by atoms with E-state index >= 15 is 0 Å². The number of carbonyl (C=O) groups excluding carboxylic acids is 1. The third-order valence-corrected chi connectivity index (χ3v) is 2.38. The van der Waals surface area contributed by atoms with E-state index in [1.165, 1.54) is 0 Å². The summed E-state index contributed by atoms with van der Waals surface area (Å²) in [5, 5.41) is 18.8. The molecule has 0 saturated heterocycles. The number of aliphatic hydroxyl groups is 1. The van der Waals surface area contributed by atoms with Crippen LogP contribution in [0.4, 0.5) is 6.01 Å². The van der Waals surface area contributed by atoms with Crippen molar-refractivity contribution >= 4 is 11.9 Å². The maximum atomic E-state index is 11.7. The molecule has 102 valence electrons. The Morgan fingerprint density at radius 3 is 2.78 bits per heavy atom. The minimum Gasteiger partial charge on any atom is -0.408 e. The maximum Gasteiger partial charge on any atom is 0.322 e. The number of aliphatic hydroxyl groups excluding tert-OH is 1. The molecule has 0 spiro atoms. The Kier molecular flexibility index (Phi) is 6.31. The Balaban J connectivity index is 2.40. The molecule has 0 radical (unpaired) electrons. The van der Waals surface area contributed by atoms with Gasteiger partial charge in [0.1, 0.15) is 0 Å². The molecule has 1 aromatic heterocycles. The lowest BCUT2D eigenvalue weighted by molar-refractivity contribution is -0.117. The maximum absolute atomic E-state index is 11.7. The number of carbonyl (C=O) groups is 1. The van der Waals surface area contributed by atoms with Gasteiger partial charge in [0.2, 0.25) is 11.8 Å². The first-order valence-electron chi connectivity index (χ1n) is 6.09. The first-order chi connectivity index (χ1) is 8.65. The summed E-state index contributed by atoms with van der Waals surface area (Å²) in [5.74, 6) is 0.187. The van der Waals surface area contributed by atoms with Gasteiger partial charge in [-0.3, -0.25) is 15.0 Å². The molecule has 0 fully saturated rings. The van der Waals surface area contributed by atoms with Gasteiger partial charge >= 0.3 is 6.01 Å². The van der Waals surface area contributed by atoms with E-state index in [4.69, 9.17) is 9.52 Å². The number of nitrogens with zero attached hydrogens (tertiary/aromatic N) is 3. The molecular weight excluding hydrogens is 236 g/mol. The summed E-state index contributed by atoms with van der Waals surface area (Å²) in [7, 11) is 0. The Bertz CT molecular complexity index is 367. The number of rotatable bonds is 8. The van der Waals surface area contributed by atoms with Gasteiger partial charge in [-0.25, -0.2) is 0 Å². The molecule has 7 nitrogen and oxygen atoms in total. The highest BCUT2D eigenvalue weighted by atomic mass is 16.4. The fourth-order valence-electron chi connectivity index (χ4n) is 1.50. The van der Waals surface area contributed by atoms with Crippen molar-refractivity contribution in [2.75, 3.05) is 31.6 Å². The van der Waals surface area contributed by atoms with Crippen molar-refractivity contribution in [3.8, 4) is 0 Å². The zero-order valence-corrected chi connectivity index (χ0v) is 10.8. The Hall–Kier alpha value is -1.47. The molecule has 0 unspecified atom stereocenters. The number of hydrogen-bond donors (Lipinski definition) is 2. The van der Waals surface area contributed by atoms with Gasteiger partial charge in [-0.05, 0) is 13.0 Å². The Labute approximate surface area is 106 Å². The normalized spacial score (nSPS) is 10.9. The molecule has 0 aliphatic carbocycles. The quantitative estimate of drug-likeness (QED) is 0.700. The van der Waals surface area contributed by atoms with Crippen LogP contribution in [0.25, 0.3) is 0 Å². The summed E-state index contributed by atoms with van der Waals surface area (Å²) in [4.78, 5) is 13.6. The molecule has 1 rings (SSSR count). The number of unbranched alkanes of at least 4 members (excludes halogenated alkanes) is 1. The molecule has 0 atom stereocenters. The van der Waals surface area contributed by atoms with Crippen LogP contribution in [-0.2, 0) is 4.79 Å². The van der Waals surface area contributed by atoms with E-state index < -0.39 is 0 Å². The van der Waals surface area contributed by atoms with Crippen molar-refractivity contribution in [1.29, 1.82) is 0 Å². The van der Waals surface area contributed by atoms with Crippen LogP contribution in [0, 0.1) is 6.92 Å². The molecule has 2 N–H and O–H groups in total. The lowest BCUT2D eigenvalue weighted by Gasteiger charge is -2.19. The van der Waals surface area contributed by atoms with Crippen molar-refractivity contribution in [1.82, 2.24) is 15.1 Å². The SMILES string of the molecule is CCCCN(CCO)CC(=O)Nc1nnc(C)o1. The summed E-state index contributed by atoms with van der Waals surface area (Å²) in [5.41, 5.74) is 0. The fraction of sp³-hybridized carbons (Fsp3) is 0.727. The molecule has 1 heterocycles. The monoisotopic (exact) mass is 256 g/mol. The molecular formula is C11H20N4O3. The predicted octanol–water partition coefficient (Wildman–Crippen LogP) is 0.411. The van der Waals surface area contributed by atoms with E-state index in [1.54, 1.807) is 6.92 Å². The number of nitrogens with one attached hydrogen (secondary N) is 1. The van der Waals surface area contributed by atoms with Crippen molar-refractivity contribution in [3.63, 3.8) is 0 Å². The highest BCUT2D eigenvalue weighted by Crippen LogP contribution is 2.04.